The Morgan fingerprint density at radius 1 is 1.50 bits per heavy atom. The number of benzene rings is 1. The van der Waals surface area contributed by atoms with Gasteiger partial charge >= 0.3 is 5.97 Å². The van der Waals surface area contributed by atoms with E-state index in [4.69, 9.17) is 9.84 Å². The highest BCUT2D eigenvalue weighted by Gasteiger charge is 2.18. The molecule has 0 fully saturated rings. The number of aliphatic carboxylic acids is 1. The summed E-state index contributed by atoms with van der Waals surface area (Å²) in [6, 6.07) is 3.60. The van der Waals surface area contributed by atoms with Crippen LogP contribution >= 0.6 is 0 Å². The summed E-state index contributed by atoms with van der Waals surface area (Å²) in [6.45, 7) is 1.53. The first-order valence-electron chi connectivity index (χ1n) is 5.31. The maximum absolute atomic E-state index is 13.7. The molecule has 0 heterocycles. The summed E-state index contributed by atoms with van der Waals surface area (Å²) in [4.78, 5) is 22.2. The van der Waals surface area contributed by atoms with E-state index in [9.17, 15) is 14.0 Å². The lowest BCUT2D eigenvalue weighted by Crippen LogP contribution is -2.34. The molecule has 0 radical (unpaired) electrons. The normalized spacial score (nSPS) is 11.7. The minimum Gasteiger partial charge on any atom is -0.494 e. The summed E-state index contributed by atoms with van der Waals surface area (Å²) in [7, 11) is 1.30. The Morgan fingerprint density at radius 3 is 2.72 bits per heavy atom. The van der Waals surface area contributed by atoms with Crippen molar-refractivity contribution in [2.75, 3.05) is 7.11 Å². The van der Waals surface area contributed by atoms with E-state index in [1.54, 1.807) is 0 Å². The summed E-state index contributed by atoms with van der Waals surface area (Å²) in [5.41, 5.74) is -0.174. The molecule has 0 spiro atoms. The van der Waals surface area contributed by atoms with Crippen LogP contribution in [0.3, 0.4) is 0 Å². The van der Waals surface area contributed by atoms with Gasteiger partial charge in [-0.15, -0.1) is 0 Å². The molecule has 0 aliphatic heterocycles. The fraction of sp³-hybridized carbons (Fsp3) is 0.333. The lowest BCUT2D eigenvalue weighted by Gasteiger charge is -2.12. The quantitative estimate of drug-likeness (QED) is 0.834. The fourth-order valence-electron chi connectivity index (χ4n) is 1.46. The third kappa shape index (κ3) is 3.44. The number of methoxy groups -OCH3 is 1. The number of amides is 1. The number of carboxylic acid groups (broad SMARTS) is 1. The van der Waals surface area contributed by atoms with E-state index >= 15 is 0 Å². The van der Waals surface area contributed by atoms with Gasteiger partial charge in [0.15, 0.2) is 11.6 Å². The summed E-state index contributed by atoms with van der Waals surface area (Å²) in [5.74, 6) is -2.50. The number of rotatable bonds is 5. The molecule has 0 bridgehead atoms. The summed E-state index contributed by atoms with van der Waals surface area (Å²) in [6.07, 6.45) is -0.225. The molecular formula is C12H14FNO4. The van der Waals surface area contributed by atoms with E-state index in [-0.39, 0.29) is 17.7 Å². The van der Waals surface area contributed by atoms with Crippen LogP contribution in [-0.2, 0) is 4.79 Å². The van der Waals surface area contributed by atoms with Crippen molar-refractivity contribution in [1.82, 2.24) is 5.32 Å². The van der Waals surface area contributed by atoms with Crippen LogP contribution in [-0.4, -0.2) is 30.1 Å². The molecule has 1 rings (SSSR count). The predicted molar refractivity (Wildman–Crippen MR) is 62.1 cm³/mol. The zero-order valence-electron chi connectivity index (χ0n) is 10.1. The first-order valence-corrected chi connectivity index (χ1v) is 5.31. The van der Waals surface area contributed by atoms with Crippen LogP contribution in [0.25, 0.3) is 0 Å². The highest BCUT2D eigenvalue weighted by atomic mass is 19.1. The molecule has 1 atom stereocenters. The van der Waals surface area contributed by atoms with Crippen molar-refractivity contribution in [1.29, 1.82) is 0 Å². The van der Waals surface area contributed by atoms with Crippen LogP contribution in [0.1, 0.15) is 23.7 Å². The standard InChI is InChI=1S/C12H14FNO4/c1-7(6-10(15)16)14-12(17)8-4-3-5-9(18-2)11(8)13/h3-5,7H,6H2,1-2H3,(H,14,17)(H,15,16). The minimum absolute atomic E-state index is 0.0338. The predicted octanol–water partition coefficient (Wildman–Crippen LogP) is 1.43. The maximum atomic E-state index is 13.7. The van der Waals surface area contributed by atoms with Crippen molar-refractivity contribution >= 4 is 11.9 Å². The molecular weight excluding hydrogens is 241 g/mol. The zero-order chi connectivity index (χ0) is 13.7. The van der Waals surface area contributed by atoms with Gasteiger partial charge in [0.2, 0.25) is 0 Å². The highest BCUT2D eigenvalue weighted by molar-refractivity contribution is 5.95. The van der Waals surface area contributed by atoms with Gasteiger partial charge in [0, 0.05) is 6.04 Å². The molecule has 0 aliphatic carbocycles. The average molecular weight is 255 g/mol. The topological polar surface area (TPSA) is 75.6 Å². The van der Waals surface area contributed by atoms with Crippen molar-refractivity contribution in [2.45, 2.75) is 19.4 Å². The first-order chi connectivity index (χ1) is 8.45. The number of carbonyl (C=O) groups is 2. The Hall–Kier alpha value is -2.11. The molecule has 1 aromatic carbocycles. The molecule has 1 amide bonds. The van der Waals surface area contributed by atoms with E-state index in [2.05, 4.69) is 5.32 Å². The van der Waals surface area contributed by atoms with Crippen molar-refractivity contribution in [2.24, 2.45) is 0 Å². The number of ether oxygens (including phenoxy) is 1. The van der Waals surface area contributed by atoms with E-state index in [0.29, 0.717) is 0 Å². The first kappa shape index (κ1) is 14.0. The van der Waals surface area contributed by atoms with Crippen LogP contribution < -0.4 is 10.1 Å². The van der Waals surface area contributed by atoms with Gasteiger partial charge in [-0.25, -0.2) is 4.39 Å². The van der Waals surface area contributed by atoms with Crippen LogP contribution in [0.2, 0.25) is 0 Å². The molecule has 2 N–H and O–H groups in total. The van der Waals surface area contributed by atoms with Gasteiger partial charge in [-0.05, 0) is 19.1 Å². The van der Waals surface area contributed by atoms with Crippen LogP contribution in [0.5, 0.6) is 5.75 Å². The molecule has 5 nitrogen and oxygen atoms in total. The summed E-state index contributed by atoms with van der Waals surface area (Å²) < 4.78 is 18.5. The molecule has 1 unspecified atom stereocenters. The SMILES string of the molecule is COc1cccc(C(=O)NC(C)CC(=O)O)c1F. The van der Waals surface area contributed by atoms with E-state index in [1.807, 2.05) is 0 Å². The van der Waals surface area contributed by atoms with Crippen LogP contribution in [0.4, 0.5) is 4.39 Å². The van der Waals surface area contributed by atoms with Crippen molar-refractivity contribution in [3.63, 3.8) is 0 Å². The van der Waals surface area contributed by atoms with Crippen LogP contribution in [0, 0.1) is 5.82 Å². The Kier molecular flexibility index (Phi) is 4.65. The van der Waals surface area contributed by atoms with Gasteiger partial charge in [0.05, 0.1) is 19.1 Å². The summed E-state index contributed by atoms with van der Waals surface area (Å²) >= 11 is 0. The third-order valence-corrected chi connectivity index (χ3v) is 2.29. The molecule has 0 saturated carbocycles. The van der Waals surface area contributed by atoms with E-state index in [1.165, 1.54) is 32.2 Å². The number of nitrogens with one attached hydrogen (secondary N) is 1. The molecule has 6 heteroatoms. The second-order valence-electron chi connectivity index (χ2n) is 3.79. The highest BCUT2D eigenvalue weighted by Crippen LogP contribution is 2.19. The lowest BCUT2D eigenvalue weighted by atomic mass is 10.1. The van der Waals surface area contributed by atoms with Gasteiger partial charge in [-0.3, -0.25) is 9.59 Å². The minimum atomic E-state index is -1.03. The largest absolute Gasteiger partial charge is 0.494 e. The molecule has 98 valence electrons. The number of hydrogen-bond donors (Lipinski definition) is 2. The number of carboxylic acids is 1. The van der Waals surface area contributed by atoms with Gasteiger partial charge in [-0.1, -0.05) is 6.07 Å². The van der Waals surface area contributed by atoms with Gasteiger partial charge in [-0.2, -0.15) is 0 Å². The zero-order valence-corrected chi connectivity index (χ0v) is 10.1. The average Bonchev–Trinajstić information content (AvgIpc) is 2.27. The smallest absolute Gasteiger partial charge is 0.305 e. The maximum Gasteiger partial charge on any atom is 0.305 e. The van der Waals surface area contributed by atoms with Crippen molar-refractivity contribution in [3.05, 3.63) is 29.6 Å². The molecule has 1 aromatic rings. The third-order valence-electron chi connectivity index (χ3n) is 2.29. The van der Waals surface area contributed by atoms with Gasteiger partial charge < -0.3 is 15.2 Å². The second-order valence-corrected chi connectivity index (χ2v) is 3.79. The Bertz CT molecular complexity index is 461. The van der Waals surface area contributed by atoms with Gasteiger partial charge in [0.25, 0.3) is 5.91 Å². The van der Waals surface area contributed by atoms with E-state index in [0.717, 1.165) is 0 Å². The van der Waals surface area contributed by atoms with Gasteiger partial charge in [0.1, 0.15) is 0 Å². The lowest BCUT2D eigenvalue weighted by molar-refractivity contribution is -0.137. The Balaban J connectivity index is 2.81. The van der Waals surface area contributed by atoms with Crippen molar-refractivity contribution < 1.29 is 23.8 Å². The fourth-order valence-corrected chi connectivity index (χ4v) is 1.46. The Morgan fingerprint density at radius 2 is 2.17 bits per heavy atom. The summed E-state index contributed by atoms with van der Waals surface area (Å²) in [5, 5.41) is 11.0. The molecule has 0 saturated heterocycles. The number of carbonyl (C=O) groups excluding carboxylic acids is 1. The monoisotopic (exact) mass is 255 g/mol. The van der Waals surface area contributed by atoms with E-state index < -0.39 is 23.7 Å². The Labute approximate surface area is 104 Å². The number of hydrogen-bond acceptors (Lipinski definition) is 3. The molecule has 0 aliphatic rings. The van der Waals surface area contributed by atoms with Crippen molar-refractivity contribution in [3.8, 4) is 5.75 Å². The number of halogens is 1. The second kappa shape index (κ2) is 6.00. The van der Waals surface area contributed by atoms with Crippen LogP contribution in [0.15, 0.2) is 18.2 Å². The molecule has 0 aromatic heterocycles. The molecule has 18 heavy (non-hydrogen) atoms.